The molecule has 0 radical (unpaired) electrons. The minimum Gasteiger partial charge on any atom is -0.668 e. The zero-order valence-electron chi connectivity index (χ0n) is 12.9. The summed E-state index contributed by atoms with van der Waals surface area (Å²) in [6.45, 7) is 4.05. The Morgan fingerprint density at radius 1 is 1.11 bits per heavy atom. The zero-order valence-corrected chi connectivity index (χ0v) is 14.5. The quantitative estimate of drug-likeness (QED) is 0.419. The third-order valence-electron chi connectivity index (χ3n) is 1.66. The van der Waals surface area contributed by atoms with E-state index in [-0.39, 0.29) is 29.1 Å². The second kappa shape index (κ2) is 25.8. The number of rotatable bonds is 4. The molecule has 0 N–H and O–H groups in total. The summed E-state index contributed by atoms with van der Waals surface area (Å²) in [5, 5.41) is 11.3. The van der Waals surface area contributed by atoms with Crippen molar-refractivity contribution in [1.29, 1.82) is 0 Å². The van der Waals surface area contributed by atoms with Crippen molar-refractivity contribution in [3.8, 4) is 0 Å². The summed E-state index contributed by atoms with van der Waals surface area (Å²) < 4.78 is 0. The van der Waals surface area contributed by atoms with Gasteiger partial charge in [-0.3, -0.25) is 0 Å². The molecule has 0 atom stereocenters. The van der Waals surface area contributed by atoms with E-state index in [1.807, 2.05) is 0 Å². The van der Waals surface area contributed by atoms with Gasteiger partial charge in [-0.1, -0.05) is 37.1 Å². The third-order valence-corrected chi connectivity index (χ3v) is 1.66. The van der Waals surface area contributed by atoms with E-state index in [1.165, 1.54) is 5.57 Å². The minimum atomic E-state index is 0. The Labute approximate surface area is 130 Å². The van der Waals surface area contributed by atoms with Crippen molar-refractivity contribution in [3.63, 3.8) is 0 Å². The molecule has 1 aliphatic carbocycles. The first kappa shape index (κ1) is 26.6. The van der Waals surface area contributed by atoms with Gasteiger partial charge in [0.25, 0.3) is 0 Å². The maximum atomic E-state index is 4.27. The fraction of sp³-hybridized carbons (Fsp3) is 0.643. The zero-order chi connectivity index (χ0) is 12.6. The topological polar surface area (TPSA) is 42.3 Å². The maximum absolute atomic E-state index is 4.27. The summed E-state index contributed by atoms with van der Waals surface area (Å²) in [6, 6.07) is 0. The molecule has 4 heteroatoms. The van der Waals surface area contributed by atoms with Crippen LogP contribution in [0.25, 0.3) is 16.0 Å². The minimum absolute atomic E-state index is 0. The average Bonchev–Trinajstić information content (AvgIpc) is 2.73. The molecule has 0 aromatic rings. The van der Waals surface area contributed by atoms with Crippen LogP contribution in [0.4, 0.5) is 0 Å². The van der Waals surface area contributed by atoms with Gasteiger partial charge in [0.05, 0.1) is 0 Å². The van der Waals surface area contributed by atoms with Crippen molar-refractivity contribution in [2.24, 2.45) is 0 Å². The Bertz CT molecular complexity index is 178. The van der Waals surface area contributed by atoms with E-state index < -0.39 is 0 Å². The van der Waals surface area contributed by atoms with Crippen LogP contribution >= 0.6 is 0 Å². The molecule has 0 aliphatic heterocycles. The van der Waals surface area contributed by atoms with Crippen LogP contribution < -0.4 is 0 Å². The maximum Gasteiger partial charge on any atom is 4.00 e. The molecule has 0 saturated heterocycles. The molecule has 0 unspecified atom stereocenters. The second-order valence-corrected chi connectivity index (χ2v) is 3.37. The van der Waals surface area contributed by atoms with E-state index in [9.17, 15) is 0 Å². The molecule has 0 spiro atoms. The SMILES string of the molecule is CC[N-]CCC1=CC=CC1.C[N-]C.C[N-]C.[CH3-].[Ti+4]. The predicted molar refractivity (Wildman–Crippen MR) is 82.1 cm³/mol. The smallest absolute Gasteiger partial charge is 0.668 e. The van der Waals surface area contributed by atoms with E-state index >= 15 is 0 Å². The van der Waals surface area contributed by atoms with E-state index in [4.69, 9.17) is 0 Å². The Hall–Kier alpha value is 0.0743. The molecule has 1 rings (SSSR count). The molecule has 0 aromatic heterocycles. The first-order valence-corrected chi connectivity index (χ1v) is 5.70. The van der Waals surface area contributed by atoms with Gasteiger partial charge in [-0.05, 0) is 6.42 Å². The Morgan fingerprint density at radius 2 is 1.61 bits per heavy atom. The van der Waals surface area contributed by atoms with Crippen LogP contribution in [-0.4, -0.2) is 41.3 Å². The summed E-state index contributed by atoms with van der Waals surface area (Å²) in [5.74, 6) is 0. The summed E-state index contributed by atoms with van der Waals surface area (Å²) >= 11 is 0. The van der Waals surface area contributed by atoms with Gasteiger partial charge in [-0.15, -0.1) is 6.54 Å². The molecule has 0 saturated carbocycles. The fourth-order valence-corrected chi connectivity index (χ4v) is 1.06. The normalized spacial score (nSPS) is 10.8. The molecular weight excluding hydrogens is 258 g/mol. The summed E-state index contributed by atoms with van der Waals surface area (Å²) in [5.41, 5.74) is 1.53. The molecule has 18 heavy (non-hydrogen) atoms. The number of hydrogen-bond acceptors (Lipinski definition) is 0. The Kier molecular flexibility index (Phi) is 38.1. The molecule has 0 aromatic carbocycles. The fourth-order valence-electron chi connectivity index (χ4n) is 1.06. The average molecular weight is 287 g/mol. The standard InChI is InChI=1S/C9H14N.2C2H6N.CH3.Ti/c1-2-10-8-7-9-5-3-4-6-9;2*1-3-2;;/h3-5H,2,6-8H2,1H3;2*1-2H3;1H3;/q4*-1;+4. The number of allylic oxidation sites excluding steroid dienone is 3. The second-order valence-electron chi connectivity index (χ2n) is 3.37. The molecule has 0 fully saturated rings. The van der Waals surface area contributed by atoms with Crippen molar-refractivity contribution < 1.29 is 21.7 Å². The van der Waals surface area contributed by atoms with Gasteiger partial charge in [0.15, 0.2) is 0 Å². The largest absolute Gasteiger partial charge is 4.00 e. The van der Waals surface area contributed by atoms with Crippen LogP contribution in [-0.2, 0) is 21.7 Å². The Morgan fingerprint density at radius 3 is 1.94 bits per heavy atom. The van der Waals surface area contributed by atoms with Gasteiger partial charge in [0.1, 0.15) is 0 Å². The van der Waals surface area contributed by atoms with Crippen LogP contribution in [0.15, 0.2) is 23.8 Å². The monoisotopic (exact) mass is 287 g/mol. The van der Waals surface area contributed by atoms with Crippen molar-refractivity contribution in [2.45, 2.75) is 19.8 Å². The molecule has 104 valence electrons. The summed E-state index contributed by atoms with van der Waals surface area (Å²) in [7, 11) is 7.00. The van der Waals surface area contributed by atoms with Gasteiger partial charge in [-0.25, -0.2) is 0 Å². The summed E-state index contributed by atoms with van der Waals surface area (Å²) in [4.78, 5) is 0. The van der Waals surface area contributed by atoms with Gasteiger partial charge < -0.3 is 23.4 Å². The molecular formula is C14H29N3Ti. The van der Waals surface area contributed by atoms with Gasteiger partial charge in [0, 0.05) is 0 Å². The summed E-state index contributed by atoms with van der Waals surface area (Å²) in [6.07, 6.45) is 8.83. The molecule has 0 heterocycles. The predicted octanol–water partition coefficient (Wildman–Crippen LogP) is 4.34. The molecule has 0 bridgehead atoms. The Balaban J connectivity index is -0.000000106. The molecule has 3 nitrogen and oxygen atoms in total. The van der Waals surface area contributed by atoms with Crippen LogP contribution in [0.5, 0.6) is 0 Å². The van der Waals surface area contributed by atoms with E-state index in [0.717, 1.165) is 25.9 Å². The van der Waals surface area contributed by atoms with E-state index in [1.54, 1.807) is 28.2 Å². The van der Waals surface area contributed by atoms with Gasteiger partial charge >= 0.3 is 21.7 Å². The number of hydrogen-bond donors (Lipinski definition) is 0. The number of nitrogens with zero attached hydrogens (tertiary/aromatic N) is 3. The van der Waals surface area contributed by atoms with Crippen molar-refractivity contribution in [1.82, 2.24) is 0 Å². The van der Waals surface area contributed by atoms with Crippen LogP contribution in [0, 0.1) is 7.43 Å². The van der Waals surface area contributed by atoms with E-state index in [0.29, 0.717) is 0 Å². The molecule has 1 aliphatic rings. The van der Waals surface area contributed by atoms with Crippen molar-refractivity contribution in [2.75, 3.05) is 41.3 Å². The van der Waals surface area contributed by atoms with Crippen molar-refractivity contribution in [3.05, 3.63) is 47.2 Å². The van der Waals surface area contributed by atoms with Crippen LogP contribution in [0.2, 0.25) is 0 Å². The third kappa shape index (κ3) is 25.1. The van der Waals surface area contributed by atoms with Crippen molar-refractivity contribution >= 4 is 0 Å². The first-order chi connectivity index (χ1) is 7.76. The van der Waals surface area contributed by atoms with E-state index in [2.05, 4.69) is 41.1 Å². The van der Waals surface area contributed by atoms with Gasteiger partial charge in [0.2, 0.25) is 0 Å². The molecule has 0 amide bonds. The van der Waals surface area contributed by atoms with Crippen LogP contribution in [0.1, 0.15) is 19.8 Å². The first-order valence-electron chi connectivity index (χ1n) is 5.70. The van der Waals surface area contributed by atoms with Gasteiger partial charge in [-0.2, -0.15) is 34.7 Å². The van der Waals surface area contributed by atoms with Crippen LogP contribution in [0.3, 0.4) is 0 Å².